The molecule has 0 saturated heterocycles. The third-order valence-corrected chi connectivity index (χ3v) is 5.93. The van der Waals surface area contributed by atoms with Crippen LogP contribution < -0.4 is 20.7 Å². The van der Waals surface area contributed by atoms with E-state index in [0.717, 1.165) is 57.1 Å². The lowest BCUT2D eigenvalue weighted by Crippen LogP contribution is -2.32. The lowest BCUT2D eigenvalue weighted by atomic mass is 10.1. The third-order valence-electron chi connectivity index (χ3n) is 5.66. The largest absolute Gasteiger partial charge is 0.464 e. The van der Waals surface area contributed by atoms with E-state index in [1.165, 1.54) is 0 Å². The smallest absolute Gasteiger partial charge is 0.407 e. The van der Waals surface area contributed by atoms with Crippen LogP contribution in [0.5, 0.6) is 6.01 Å². The molecule has 11 heteroatoms. The molecule has 0 aliphatic heterocycles. The van der Waals surface area contributed by atoms with Crippen molar-refractivity contribution in [3.05, 3.63) is 41.2 Å². The predicted octanol–water partition coefficient (Wildman–Crippen LogP) is 5.50. The number of nitrogens with one attached hydrogen (secondary N) is 3. The second-order valence-corrected chi connectivity index (χ2v) is 10.8. The SMILES string of the molecule is CCOc1nc(Cc2ccc(C(=O)NCCCCl)cc2)nc(NCCCCCCCCNC(=O)OC(C)(C)C)n1. The van der Waals surface area contributed by atoms with Gasteiger partial charge in [-0.1, -0.05) is 37.8 Å². The van der Waals surface area contributed by atoms with Gasteiger partial charge in [-0.05, 0) is 64.7 Å². The Morgan fingerprint density at radius 2 is 1.50 bits per heavy atom. The summed E-state index contributed by atoms with van der Waals surface area (Å²) < 4.78 is 10.8. The number of unbranched alkanes of at least 4 members (excludes halogenated alkanes) is 5. The zero-order chi connectivity index (χ0) is 29.2. The highest BCUT2D eigenvalue weighted by Gasteiger charge is 2.15. The van der Waals surface area contributed by atoms with E-state index in [1.807, 2.05) is 39.8 Å². The van der Waals surface area contributed by atoms with E-state index in [4.69, 9.17) is 21.1 Å². The van der Waals surface area contributed by atoms with E-state index in [2.05, 4.69) is 30.9 Å². The maximum atomic E-state index is 12.2. The fourth-order valence-corrected chi connectivity index (χ4v) is 3.87. The van der Waals surface area contributed by atoms with E-state index in [1.54, 1.807) is 12.1 Å². The van der Waals surface area contributed by atoms with Crippen molar-refractivity contribution in [1.29, 1.82) is 0 Å². The molecule has 0 radical (unpaired) electrons. The molecule has 0 aliphatic carbocycles. The number of hydrogen-bond donors (Lipinski definition) is 3. The number of benzene rings is 1. The summed E-state index contributed by atoms with van der Waals surface area (Å²) in [6.45, 7) is 9.86. The van der Waals surface area contributed by atoms with Gasteiger partial charge in [0.05, 0.1) is 6.61 Å². The monoisotopic (exact) mass is 576 g/mol. The van der Waals surface area contributed by atoms with Crippen molar-refractivity contribution in [1.82, 2.24) is 25.6 Å². The molecule has 222 valence electrons. The van der Waals surface area contributed by atoms with Gasteiger partial charge in [0.15, 0.2) is 0 Å². The Morgan fingerprint density at radius 1 is 0.850 bits per heavy atom. The van der Waals surface area contributed by atoms with Gasteiger partial charge in [-0.15, -0.1) is 11.6 Å². The predicted molar refractivity (Wildman–Crippen MR) is 158 cm³/mol. The molecule has 0 aliphatic rings. The van der Waals surface area contributed by atoms with Gasteiger partial charge in [0, 0.05) is 37.5 Å². The number of amides is 2. The van der Waals surface area contributed by atoms with E-state index in [-0.39, 0.29) is 12.0 Å². The number of ether oxygens (including phenoxy) is 2. The first-order valence-corrected chi connectivity index (χ1v) is 14.7. The number of hydrogen-bond acceptors (Lipinski definition) is 8. The summed E-state index contributed by atoms with van der Waals surface area (Å²) in [4.78, 5) is 37.2. The molecule has 40 heavy (non-hydrogen) atoms. The zero-order valence-corrected chi connectivity index (χ0v) is 25.1. The molecule has 10 nitrogen and oxygen atoms in total. The van der Waals surface area contributed by atoms with Crippen LogP contribution in [0.1, 0.15) is 94.4 Å². The first-order chi connectivity index (χ1) is 19.2. The number of anilines is 1. The number of nitrogens with zero attached hydrogens (tertiary/aromatic N) is 3. The topological polar surface area (TPSA) is 127 Å². The highest BCUT2D eigenvalue weighted by molar-refractivity contribution is 6.17. The molecule has 0 bridgehead atoms. The highest BCUT2D eigenvalue weighted by atomic mass is 35.5. The van der Waals surface area contributed by atoms with Gasteiger partial charge in [-0.3, -0.25) is 4.79 Å². The van der Waals surface area contributed by atoms with Crippen LogP contribution in [-0.4, -0.2) is 64.7 Å². The minimum atomic E-state index is -0.469. The third kappa shape index (κ3) is 14.3. The molecule has 2 rings (SSSR count). The summed E-state index contributed by atoms with van der Waals surface area (Å²) in [5.41, 5.74) is 1.12. The minimum absolute atomic E-state index is 0.114. The first kappa shape index (κ1) is 33.1. The van der Waals surface area contributed by atoms with Gasteiger partial charge in [0.1, 0.15) is 11.4 Å². The molecule has 2 aromatic rings. The number of alkyl carbamates (subject to hydrolysis) is 1. The minimum Gasteiger partial charge on any atom is -0.464 e. The van der Waals surface area contributed by atoms with Gasteiger partial charge in [-0.25, -0.2) is 4.79 Å². The second-order valence-electron chi connectivity index (χ2n) is 10.4. The van der Waals surface area contributed by atoms with Gasteiger partial charge in [0.25, 0.3) is 5.91 Å². The summed E-state index contributed by atoms with van der Waals surface area (Å²) in [6, 6.07) is 7.70. The first-order valence-electron chi connectivity index (χ1n) is 14.2. The number of carbonyl (C=O) groups is 2. The van der Waals surface area contributed by atoms with E-state index >= 15 is 0 Å². The fourth-order valence-electron chi connectivity index (χ4n) is 3.74. The molecule has 3 N–H and O–H groups in total. The highest BCUT2D eigenvalue weighted by Crippen LogP contribution is 2.14. The van der Waals surface area contributed by atoms with Crippen LogP contribution in [0.3, 0.4) is 0 Å². The normalized spacial score (nSPS) is 11.1. The fraction of sp³-hybridized carbons (Fsp3) is 0.621. The van der Waals surface area contributed by atoms with Gasteiger partial charge < -0.3 is 25.4 Å². The Morgan fingerprint density at radius 3 is 2.15 bits per heavy atom. The number of halogens is 1. The van der Waals surface area contributed by atoms with Gasteiger partial charge in [-0.2, -0.15) is 15.0 Å². The standard InChI is InChI=1S/C29H45ClN6O4/c1-5-39-27-35-24(21-22-13-15-23(16-14-22)25(37)31-20-12-17-30)34-26(36-27)32-18-10-8-6-7-9-11-19-33-28(38)40-29(2,3)4/h13-16H,5-12,17-21H2,1-4H3,(H,31,37)(H,33,38)(H,32,34,35,36). The molecule has 2 amide bonds. The van der Waals surface area contributed by atoms with Gasteiger partial charge in [0.2, 0.25) is 5.95 Å². The summed E-state index contributed by atoms with van der Waals surface area (Å²) in [5.74, 6) is 1.50. The molecular formula is C29H45ClN6O4. The molecule has 1 aromatic heterocycles. The molecular weight excluding hydrogens is 532 g/mol. The maximum Gasteiger partial charge on any atom is 0.407 e. The Kier molecular flexibility index (Phi) is 15.1. The van der Waals surface area contributed by atoms with E-state index in [0.29, 0.717) is 55.3 Å². The molecule has 0 saturated carbocycles. The van der Waals surface area contributed by atoms with Crippen LogP contribution in [0.15, 0.2) is 24.3 Å². The van der Waals surface area contributed by atoms with Crippen LogP contribution >= 0.6 is 11.6 Å². The van der Waals surface area contributed by atoms with Crippen molar-refractivity contribution in [3.63, 3.8) is 0 Å². The van der Waals surface area contributed by atoms with Gasteiger partial charge >= 0.3 is 12.1 Å². The summed E-state index contributed by atoms with van der Waals surface area (Å²) >= 11 is 5.66. The van der Waals surface area contributed by atoms with Crippen LogP contribution in [0, 0.1) is 0 Å². The van der Waals surface area contributed by atoms with Crippen LogP contribution in [0.2, 0.25) is 0 Å². The molecule has 1 aromatic carbocycles. The summed E-state index contributed by atoms with van der Waals surface area (Å²) in [7, 11) is 0. The van der Waals surface area contributed by atoms with Crippen molar-refractivity contribution >= 4 is 29.5 Å². The quantitative estimate of drug-likeness (QED) is 0.157. The molecule has 0 atom stereocenters. The Balaban J connectivity index is 1.73. The second kappa shape index (κ2) is 18.3. The Hall–Kier alpha value is -3.14. The number of rotatable bonds is 18. The lowest BCUT2D eigenvalue weighted by molar-refractivity contribution is 0.0526. The summed E-state index contributed by atoms with van der Waals surface area (Å²) in [6.07, 6.45) is 7.21. The molecule has 0 spiro atoms. The molecule has 1 heterocycles. The van der Waals surface area contributed by atoms with E-state index in [9.17, 15) is 9.59 Å². The lowest BCUT2D eigenvalue weighted by Gasteiger charge is -2.19. The summed E-state index contributed by atoms with van der Waals surface area (Å²) in [5, 5.41) is 8.94. The van der Waals surface area contributed by atoms with Crippen LogP contribution in [0.4, 0.5) is 10.7 Å². The maximum absolute atomic E-state index is 12.2. The number of aromatic nitrogens is 3. The van der Waals surface area contributed by atoms with Crippen LogP contribution in [0.25, 0.3) is 0 Å². The molecule has 0 unspecified atom stereocenters. The molecule has 0 fully saturated rings. The van der Waals surface area contributed by atoms with Crippen molar-refractivity contribution in [2.24, 2.45) is 0 Å². The number of carbonyl (C=O) groups excluding carboxylic acids is 2. The van der Waals surface area contributed by atoms with Crippen LogP contribution in [-0.2, 0) is 11.2 Å². The van der Waals surface area contributed by atoms with Crippen molar-refractivity contribution in [3.8, 4) is 6.01 Å². The number of alkyl halides is 1. The Labute approximate surface area is 243 Å². The van der Waals surface area contributed by atoms with E-state index < -0.39 is 5.60 Å². The average molecular weight is 577 g/mol. The van der Waals surface area contributed by atoms with Crippen molar-refractivity contribution < 1.29 is 19.1 Å². The Bertz CT molecular complexity index is 1030. The van der Waals surface area contributed by atoms with Crippen molar-refractivity contribution in [2.45, 2.75) is 84.7 Å². The average Bonchev–Trinajstić information content (AvgIpc) is 2.89. The van der Waals surface area contributed by atoms with Crippen molar-refractivity contribution in [2.75, 3.05) is 37.4 Å². The zero-order valence-electron chi connectivity index (χ0n) is 24.4.